The maximum Gasteiger partial charge on any atom is 0.234 e. The van der Waals surface area contributed by atoms with E-state index in [1.54, 1.807) is 11.3 Å². The Balaban J connectivity index is 2.12. The second-order valence-corrected chi connectivity index (χ2v) is 4.24. The molecule has 0 radical (unpaired) electrons. The van der Waals surface area contributed by atoms with Crippen LogP contribution in [0, 0.1) is 0 Å². The topological polar surface area (TPSA) is 41.1 Å². The third-order valence-electron chi connectivity index (χ3n) is 1.64. The minimum Gasteiger partial charge on any atom is -0.353 e. The van der Waals surface area contributed by atoms with Crippen LogP contribution in [-0.4, -0.2) is 18.5 Å². The van der Waals surface area contributed by atoms with E-state index < -0.39 is 0 Å². The number of carbonyl (C=O) groups excluding carboxylic acids is 1. The fourth-order valence-corrected chi connectivity index (χ4v) is 1.76. The molecule has 1 aromatic rings. The van der Waals surface area contributed by atoms with E-state index in [2.05, 4.69) is 22.1 Å². The molecule has 0 unspecified atom stereocenters. The minimum absolute atomic E-state index is 0.0511. The standard InChI is InChI=1S/C10H16N2OS/c1-8(2)12-10(13)6-11-5-9-3-4-14-7-9/h3-4,7-8,11H,5-6H2,1-2H3,(H,12,13). The van der Waals surface area contributed by atoms with E-state index in [0.29, 0.717) is 6.54 Å². The normalized spacial score (nSPS) is 10.5. The van der Waals surface area contributed by atoms with Crippen LogP contribution in [0.15, 0.2) is 16.8 Å². The van der Waals surface area contributed by atoms with Crippen molar-refractivity contribution in [3.8, 4) is 0 Å². The zero-order valence-corrected chi connectivity index (χ0v) is 9.36. The summed E-state index contributed by atoms with van der Waals surface area (Å²) >= 11 is 1.67. The lowest BCUT2D eigenvalue weighted by atomic mass is 10.3. The molecule has 4 heteroatoms. The first-order valence-electron chi connectivity index (χ1n) is 4.69. The van der Waals surface area contributed by atoms with Crippen LogP contribution in [0.1, 0.15) is 19.4 Å². The van der Waals surface area contributed by atoms with Crippen molar-refractivity contribution in [1.29, 1.82) is 0 Å². The minimum atomic E-state index is 0.0511. The average molecular weight is 212 g/mol. The monoisotopic (exact) mass is 212 g/mol. The highest BCUT2D eigenvalue weighted by Gasteiger charge is 2.01. The first-order chi connectivity index (χ1) is 6.68. The van der Waals surface area contributed by atoms with Crippen molar-refractivity contribution in [3.05, 3.63) is 22.4 Å². The SMILES string of the molecule is CC(C)NC(=O)CNCc1ccsc1. The van der Waals surface area contributed by atoms with E-state index in [9.17, 15) is 4.79 Å². The van der Waals surface area contributed by atoms with Gasteiger partial charge in [-0.3, -0.25) is 4.79 Å². The molecule has 2 N–H and O–H groups in total. The van der Waals surface area contributed by atoms with Crippen molar-refractivity contribution in [3.63, 3.8) is 0 Å². The van der Waals surface area contributed by atoms with Crippen molar-refractivity contribution in [2.75, 3.05) is 6.54 Å². The van der Waals surface area contributed by atoms with Crippen LogP contribution in [0.3, 0.4) is 0 Å². The van der Waals surface area contributed by atoms with Crippen LogP contribution in [0.2, 0.25) is 0 Å². The maximum atomic E-state index is 11.2. The largest absolute Gasteiger partial charge is 0.353 e. The summed E-state index contributed by atoms with van der Waals surface area (Å²) in [6.45, 7) is 5.05. The molecule has 1 heterocycles. The summed E-state index contributed by atoms with van der Waals surface area (Å²) in [7, 11) is 0. The van der Waals surface area contributed by atoms with Crippen molar-refractivity contribution in [1.82, 2.24) is 10.6 Å². The molecule has 0 aliphatic heterocycles. The number of thiophene rings is 1. The molecule has 0 spiro atoms. The first-order valence-corrected chi connectivity index (χ1v) is 5.64. The molecule has 78 valence electrons. The van der Waals surface area contributed by atoms with Crippen LogP contribution >= 0.6 is 11.3 Å². The van der Waals surface area contributed by atoms with Gasteiger partial charge in [0.05, 0.1) is 6.54 Å². The molecular formula is C10H16N2OS. The summed E-state index contributed by atoms with van der Waals surface area (Å²) in [6, 6.07) is 2.27. The first kappa shape index (κ1) is 11.2. The Labute approximate surface area is 88.5 Å². The summed E-state index contributed by atoms with van der Waals surface area (Å²) in [5.41, 5.74) is 1.23. The highest BCUT2D eigenvalue weighted by molar-refractivity contribution is 7.07. The molecule has 1 rings (SSSR count). The number of carbonyl (C=O) groups is 1. The molecule has 0 aromatic carbocycles. The molecule has 0 fully saturated rings. The van der Waals surface area contributed by atoms with Gasteiger partial charge in [0.1, 0.15) is 0 Å². The number of hydrogen-bond donors (Lipinski definition) is 2. The summed E-state index contributed by atoms with van der Waals surface area (Å²) in [5.74, 6) is 0.0511. The van der Waals surface area contributed by atoms with Gasteiger partial charge < -0.3 is 10.6 Å². The Hall–Kier alpha value is -0.870. The van der Waals surface area contributed by atoms with Crippen molar-refractivity contribution >= 4 is 17.2 Å². The van der Waals surface area contributed by atoms with Gasteiger partial charge in [0.15, 0.2) is 0 Å². The van der Waals surface area contributed by atoms with Gasteiger partial charge in [-0.1, -0.05) is 0 Å². The van der Waals surface area contributed by atoms with Crippen LogP contribution in [0.25, 0.3) is 0 Å². The second-order valence-electron chi connectivity index (χ2n) is 3.46. The maximum absolute atomic E-state index is 11.2. The van der Waals surface area contributed by atoms with Gasteiger partial charge in [-0.2, -0.15) is 11.3 Å². The Morgan fingerprint density at radius 1 is 1.57 bits per heavy atom. The van der Waals surface area contributed by atoms with Crippen LogP contribution < -0.4 is 10.6 Å². The summed E-state index contributed by atoms with van der Waals surface area (Å²) in [6.07, 6.45) is 0. The molecular weight excluding hydrogens is 196 g/mol. The summed E-state index contributed by atoms with van der Waals surface area (Å²) < 4.78 is 0. The fraction of sp³-hybridized carbons (Fsp3) is 0.500. The average Bonchev–Trinajstić information content (AvgIpc) is 2.55. The quantitative estimate of drug-likeness (QED) is 0.774. The van der Waals surface area contributed by atoms with Gasteiger partial charge in [-0.25, -0.2) is 0 Å². The Bertz CT molecular complexity index is 270. The molecule has 0 saturated heterocycles. The van der Waals surface area contributed by atoms with E-state index in [4.69, 9.17) is 0 Å². The van der Waals surface area contributed by atoms with Gasteiger partial charge >= 0.3 is 0 Å². The van der Waals surface area contributed by atoms with Gasteiger partial charge in [-0.15, -0.1) is 0 Å². The van der Waals surface area contributed by atoms with Crippen molar-refractivity contribution < 1.29 is 4.79 Å². The van der Waals surface area contributed by atoms with Crippen molar-refractivity contribution in [2.45, 2.75) is 26.4 Å². The Kier molecular flexibility index (Phi) is 4.62. The highest BCUT2D eigenvalue weighted by atomic mass is 32.1. The van der Waals surface area contributed by atoms with Crippen LogP contribution in [-0.2, 0) is 11.3 Å². The third kappa shape index (κ3) is 4.39. The van der Waals surface area contributed by atoms with E-state index in [0.717, 1.165) is 6.54 Å². The molecule has 0 saturated carbocycles. The van der Waals surface area contributed by atoms with Gasteiger partial charge in [0.2, 0.25) is 5.91 Å². The second kappa shape index (κ2) is 5.78. The van der Waals surface area contributed by atoms with E-state index in [-0.39, 0.29) is 11.9 Å². The molecule has 1 aromatic heterocycles. The molecule has 3 nitrogen and oxygen atoms in total. The Morgan fingerprint density at radius 2 is 2.36 bits per heavy atom. The number of nitrogens with one attached hydrogen (secondary N) is 2. The summed E-state index contributed by atoms with van der Waals surface area (Å²) in [4.78, 5) is 11.2. The zero-order valence-electron chi connectivity index (χ0n) is 8.54. The molecule has 0 aliphatic rings. The highest BCUT2D eigenvalue weighted by Crippen LogP contribution is 2.04. The van der Waals surface area contributed by atoms with Gasteiger partial charge in [0, 0.05) is 12.6 Å². The molecule has 1 amide bonds. The summed E-state index contributed by atoms with van der Waals surface area (Å²) in [5, 5.41) is 10.0. The lowest BCUT2D eigenvalue weighted by Crippen LogP contribution is -2.37. The smallest absolute Gasteiger partial charge is 0.234 e. The van der Waals surface area contributed by atoms with E-state index in [1.807, 2.05) is 19.2 Å². The molecule has 14 heavy (non-hydrogen) atoms. The molecule has 0 atom stereocenters. The number of rotatable bonds is 5. The predicted molar refractivity (Wildman–Crippen MR) is 59.3 cm³/mol. The van der Waals surface area contributed by atoms with E-state index in [1.165, 1.54) is 5.56 Å². The number of hydrogen-bond acceptors (Lipinski definition) is 3. The zero-order chi connectivity index (χ0) is 10.4. The lowest BCUT2D eigenvalue weighted by Gasteiger charge is -2.08. The molecule has 0 bridgehead atoms. The van der Waals surface area contributed by atoms with Crippen molar-refractivity contribution in [2.24, 2.45) is 0 Å². The van der Waals surface area contributed by atoms with Crippen LogP contribution in [0.4, 0.5) is 0 Å². The third-order valence-corrected chi connectivity index (χ3v) is 2.38. The van der Waals surface area contributed by atoms with E-state index >= 15 is 0 Å². The lowest BCUT2D eigenvalue weighted by molar-refractivity contribution is -0.120. The van der Waals surface area contributed by atoms with Gasteiger partial charge in [0.25, 0.3) is 0 Å². The fourth-order valence-electron chi connectivity index (χ4n) is 1.09. The predicted octanol–water partition coefficient (Wildman–Crippen LogP) is 1.36. The van der Waals surface area contributed by atoms with Gasteiger partial charge in [-0.05, 0) is 36.2 Å². The Morgan fingerprint density at radius 3 is 2.93 bits per heavy atom. The molecule has 0 aliphatic carbocycles. The van der Waals surface area contributed by atoms with Crippen LogP contribution in [0.5, 0.6) is 0 Å². The number of amides is 1.